The lowest BCUT2D eigenvalue weighted by molar-refractivity contribution is -0.217. The minimum atomic E-state index is -1.86. The SMILES string of the molecule is C[C@@H](O[Si](C)(C)C(C)(C)C)C1CN(OC=O)C1=O. The van der Waals surface area contributed by atoms with Gasteiger partial charge in [0.15, 0.2) is 8.32 Å². The minimum absolute atomic E-state index is 0.118. The van der Waals surface area contributed by atoms with E-state index in [1.807, 2.05) is 6.92 Å². The summed E-state index contributed by atoms with van der Waals surface area (Å²) in [6, 6.07) is 0. The first kappa shape index (κ1) is 15.2. The number of hydrogen-bond donors (Lipinski definition) is 0. The standard InChI is InChI=1S/C12H23NO4Si/c1-9(17-18(5,6)12(2,3)4)10-7-13(11(10)15)16-8-14/h8-10H,7H2,1-6H3/t9-,10?/m1/s1. The van der Waals surface area contributed by atoms with Gasteiger partial charge in [-0.15, -0.1) is 0 Å². The summed E-state index contributed by atoms with van der Waals surface area (Å²) in [5.74, 6) is -0.368. The van der Waals surface area contributed by atoms with E-state index in [9.17, 15) is 9.59 Å². The van der Waals surface area contributed by atoms with E-state index >= 15 is 0 Å². The van der Waals surface area contributed by atoms with Gasteiger partial charge >= 0.3 is 6.47 Å². The molecular formula is C12H23NO4Si. The molecule has 1 rings (SSSR count). The van der Waals surface area contributed by atoms with Crippen LogP contribution in [0.3, 0.4) is 0 Å². The molecule has 1 aliphatic heterocycles. The molecule has 0 aromatic heterocycles. The first-order valence-electron chi connectivity index (χ1n) is 6.20. The van der Waals surface area contributed by atoms with Gasteiger partial charge in [-0.1, -0.05) is 20.8 Å². The lowest BCUT2D eigenvalue weighted by Crippen LogP contribution is -2.58. The zero-order valence-electron chi connectivity index (χ0n) is 12.0. The van der Waals surface area contributed by atoms with Gasteiger partial charge in [0.1, 0.15) is 0 Å². The Morgan fingerprint density at radius 1 is 1.44 bits per heavy atom. The third-order valence-corrected chi connectivity index (χ3v) is 8.52. The van der Waals surface area contributed by atoms with Crippen molar-refractivity contribution < 1.29 is 18.9 Å². The van der Waals surface area contributed by atoms with Crippen molar-refractivity contribution in [3.05, 3.63) is 0 Å². The molecular weight excluding hydrogens is 250 g/mol. The van der Waals surface area contributed by atoms with Gasteiger partial charge < -0.3 is 9.26 Å². The summed E-state index contributed by atoms with van der Waals surface area (Å²) < 4.78 is 6.15. The van der Waals surface area contributed by atoms with Crippen LogP contribution >= 0.6 is 0 Å². The van der Waals surface area contributed by atoms with Crippen molar-refractivity contribution in [2.24, 2.45) is 5.92 Å². The Kier molecular flexibility index (Phi) is 4.22. The zero-order valence-corrected chi connectivity index (χ0v) is 13.0. The number of rotatable bonds is 5. The molecule has 5 nitrogen and oxygen atoms in total. The Balaban J connectivity index is 2.56. The van der Waals surface area contributed by atoms with Crippen LogP contribution in [0.25, 0.3) is 0 Å². The van der Waals surface area contributed by atoms with Gasteiger partial charge in [-0.3, -0.25) is 9.59 Å². The average Bonchev–Trinajstić information content (AvgIpc) is 2.20. The van der Waals surface area contributed by atoms with Gasteiger partial charge in [0.25, 0.3) is 5.91 Å². The Bertz CT molecular complexity index is 337. The summed E-state index contributed by atoms with van der Waals surface area (Å²) in [6.07, 6.45) is -0.134. The van der Waals surface area contributed by atoms with Crippen LogP contribution < -0.4 is 0 Å². The second kappa shape index (κ2) is 5.01. The largest absolute Gasteiger partial charge is 0.413 e. The number of amides is 1. The van der Waals surface area contributed by atoms with Gasteiger partial charge in [-0.05, 0) is 25.1 Å². The molecule has 18 heavy (non-hydrogen) atoms. The van der Waals surface area contributed by atoms with Crippen molar-refractivity contribution >= 4 is 20.7 Å². The molecule has 0 aliphatic carbocycles. The van der Waals surface area contributed by atoms with Crippen molar-refractivity contribution in [3.63, 3.8) is 0 Å². The van der Waals surface area contributed by atoms with E-state index in [0.29, 0.717) is 6.54 Å². The fourth-order valence-corrected chi connectivity index (χ4v) is 3.09. The molecule has 0 aromatic carbocycles. The summed E-state index contributed by atoms with van der Waals surface area (Å²) in [6.45, 7) is 13.4. The van der Waals surface area contributed by atoms with Crippen LogP contribution in [0.4, 0.5) is 0 Å². The minimum Gasteiger partial charge on any atom is -0.413 e. The highest BCUT2D eigenvalue weighted by molar-refractivity contribution is 6.74. The summed E-state index contributed by atoms with van der Waals surface area (Å²) in [5.41, 5.74) is 0. The monoisotopic (exact) mass is 273 g/mol. The second-order valence-electron chi connectivity index (χ2n) is 6.29. The highest BCUT2D eigenvalue weighted by atomic mass is 28.4. The van der Waals surface area contributed by atoms with Crippen LogP contribution in [0.1, 0.15) is 27.7 Å². The number of carbonyl (C=O) groups is 2. The van der Waals surface area contributed by atoms with E-state index in [-0.39, 0.29) is 29.4 Å². The molecule has 1 amide bonds. The van der Waals surface area contributed by atoms with Crippen LogP contribution in [0.15, 0.2) is 0 Å². The number of carbonyl (C=O) groups excluding carboxylic acids is 2. The second-order valence-corrected chi connectivity index (χ2v) is 11.0. The van der Waals surface area contributed by atoms with Crippen molar-refractivity contribution in [1.82, 2.24) is 5.06 Å². The van der Waals surface area contributed by atoms with Crippen molar-refractivity contribution in [3.8, 4) is 0 Å². The maximum absolute atomic E-state index is 11.7. The van der Waals surface area contributed by atoms with Crippen LogP contribution in [0.2, 0.25) is 18.1 Å². The predicted molar refractivity (Wildman–Crippen MR) is 70.1 cm³/mol. The molecule has 0 saturated carbocycles. The molecule has 0 aromatic rings. The van der Waals surface area contributed by atoms with E-state index in [0.717, 1.165) is 5.06 Å². The molecule has 1 unspecified atom stereocenters. The van der Waals surface area contributed by atoms with E-state index < -0.39 is 8.32 Å². The molecule has 0 spiro atoms. The lowest BCUT2D eigenvalue weighted by atomic mass is 9.96. The molecule has 2 atom stereocenters. The van der Waals surface area contributed by atoms with Gasteiger partial charge in [-0.25, -0.2) is 0 Å². The Morgan fingerprint density at radius 2 is 2.00 bits per heavy atom. The molecule has 0 radical (unpaired) electrons. The van der Waals surface area contributed by atoms with Gasteiger partial charge in [0, 0.05) is 0 Å². The number of hydrogen-bond acceptors (Lipinski definition) is 4. The molecule has 104 valence electrons. The number of β-lactam (4-membered cyclic amide) rings is 1. The maximum Gasteiger partial charge on any atom is 0.320 e. The number of nitrogens with zero attached hydrogens (tertiary/aromatic N) is 1. The van der Waals surface area contributed by atoms with Crippen molar-refractivity contribution in [1.29, 1.82) is 0 Å². The topological polar surface area (TPSA) is 55.8 Å². The third-order valence-electron chi connectivity index (χ3n) is 3.95. The lowest BCUT2D eigenvalue weighted by Gasteiger charge is -2.44. The molecule has 1 heterocycles. The van der Waals surface area contributed by atoms with E-state index in [1.165, 1.54) is 0 Å². The first-order chi connectivity index (χ1) is 8.10. The fourth-order valence-electron chi connectivity index (χ4n) is 1.64. The highest BCUT2D eigenvalue weighted by Crippen LogP contribution is 2.38. The van der Waals surface area contributed by atoms with Crippen LogP contribution in [0.5, 0.6) is 0 Å². The fraction of sp³-hybridized carbons (Fsp3) is 0.833. The maximum atomic E-state index is 11.7. The number of hydroxylamine groups is 2. The van der Waals surface area contributed by atoms with Gasteiger partial charge in [-0.2, -0.15) is 5.06 Å². The molecule has 6 heteroatoms. The third kappa shape index (κ3) is 2.92. The van der Waals surface area contributed by atoms with Crippen LogP contribution in [-0.4, -0.2) is 38.4 Å². The Hall–Kier alpha value is -0.883. The van der Waals surface area contributed by atoms with E-state index in [2.05, 4.69) is 38.7 Å². The van der Waals surface area contributed by atoms with Crippen LogP contribution in [-0.2, 0) is 18.9 Å². The first-order valence-corrected chi connectivity index (χ1v) is 9.10. The predicted octanol–water partition coefficient (Wildman–Crippen LogP) is 1.94. The summed E-state index contributed by atoms with van der Waals surface area (Å²) in [5, 5.41) is 1.19. The zero-order chi connectivity index (χ0) is 14.1. The highest BCUT2D eigenvalue weighted by Gasteiger charge is 2.46. The average molecular weight is 273 g/mol. The quantitative estimate of drug-likeness (QED) is 0.436. The molecule has 1 aliphatic rings. The van der Waals surface area contributed by atoms with Gasteiger partial charge in [0.2, 0.25) is 0 Å². The van der Waals surface area contributed by atoms with Gasteiger partial charge in [0.05, 0.1) is 18.6 Å². The Morgan fingerprint density at radius 3 is 2.39 bits per heavy atom. The smallest absolute Gasteiger partial charge is 0.320 e. The summed E-state index contributed by atoms with van der Waals surface area (Å²) >= 11 is 0. The summed E-state index contributed by atoms with van der Waals surface area (Å²) in [4.78, 5) is 26.4. The van der Waals surface area contributed by atoms with Crippen molar-refractivity contribution in [2.75, 3.05) is 6.54 Å². The normalized spacial score (nSPS) is 22.4. The summed E-state index contributed by atoms with van der Waals surface area (Å²) in [7, 11) is -1.86. The van der Waals surface area contributed by atoms with Crippen LogP contribution in [0, 0.1) is 5.92 Å². The Labute approximate surface area is 110 Å². The molecule has 1 fully saturated rings. The van der Waals surface area contributed by atoms with E-state index in [4.69, 9.17) is 4.43 Å². The molecule has 0 N–H and O–H groups in total. The molecule has 0 bridgehead atoms. The van der Waals surface area contributed by atoms with Crippen molar-refractivity contribution in [2.45, 2.75) is 51.9 Å². The molecule has 1 saturated heterocycles. The van der Waals surface area contributed by atoms with E-state index in [1.54, 1.807) is 0 Å².